The van der Waals surface area contributed by atoms with Gasteiger partial charge in [-0.1, -0.05) is 30.9 Å². The SMILES string of the molecule is CNC1CC(Oc2ccc(F)cc2Cl)C12CCCCC2. The molecule has 0 bridgehead atoms. The van der Waals surface area contributed by atoms with Gasteiger partial charge in [0.15, 0.2) is 0 Å². The Hall–Kier alpha value is -0.800. The normalized spacial score (nSPS) is 28.1. The molecule has 2 aliphatic rings. The summed E-state index contributed by atoms with van der Waals surface area (Å²) in [6.45, 7) is 0. The van der Waals surface area contributed by atoms with Gasteiger partial charge in [0.05, 0.1) is 5.02 Å². The molecule has 2 atom stereocenters. The summed E-state index contributed by atoms with van der Waals surface area (Å²) in [7, 11) is 2.03. The molecule has 2 aliphatic carbocycles. The Morgan fingerprint density at radius 2 is 2.05 bits per heavy atom. The molecule has 0 aliphatic heterocycles. The van der Waals surface area contributed by atoms with Gasteiger partial charge in [0.1, 0.15) is 17.7 Å². The van der Waals surface area contributed by atoms with Crippen molar-refractivity contribution in [2.75, 3.05) is 7.05 Å². The third kappa shape index (κ3) is 2.31. The lowest BCUT2D eigenvalue weighted by atomic mass is 9.55. The summed E-state index contributed by atoms with van der Waals surface area (Å²) in [5.74, 6) is 0.286. The quantitative estimate of drug-likeness (QED) is 0.904. The number of ether oxygens (including phenoxy) is 1. The van der Waals surface area contributed by atoms with E-state index in [0.717, 1.165) is 6.42 Å². The molecular formula is C16H21ClFNO. The summed E-state index contributed by atoms with van der Waals surface area (Å²) in [6.07, 6.45) is 7.49. The number of benzene rings is 1. The second kappa shape index (κ2) is 5.53. The zero-order valence-corrected chi connectivity index (χ0v) is 12.5. The minimum absolute atomic E-state index is 0.197. The summed E-state index contributed by atoms with van der Waals surface area (Å²) in [5, 5.41) is 3.79. The molecule has 1 aromatic carbocycles. The third-order valence-electron chi connectivity index (χ3n) is 5.08. The Balaban J connectivity index is 1.77. The zero-order chi connectivity index (χ0) is 14.2. The summed E-state index contributed by atoms with van der Waals surface area (Å²) >= 11 is 6.07. The van der Waals surface area contributed by atoms with Gasteiger partial charge < -0.3 is 10.1 Å². The van der Waals surface area contributed by atoms with Crippen LogP contribution in [0.1, 0.15) is 38.5 Å². The van der Waals surface area contributed by atoms with E-state index in [4.69, 9.17) is 16.3 Å². The van der Waals surface area contributed by atoms with Crippen molar-refractivity contribution in [1.29, 1.82) is 0 Å². The molecule has 0 heterocycles. The molecule has 0 radical (unpaired) electrons. The van der Waals surface area contributed by atoms with E-state index in [1.165, 1.54) is 44.2 Å². The lowest BCUT2D eigenvalue weighted by molar-refractivity contribution is -0.100. The Morgan fingerprint density at radius 3 is 2.70 bits per heavy atom. The van der Waals surface area contributed by atoms with Crippen molar-refractivity contribution in [2.45, 2.75) is 50.7 Å². The lowest BCUT2D eigenvalue weighted by Gasteiger charge is -2.57. The number of hydrogen-bond acceptors (Lipinski definition) is 2. The van der Waals surface area contributed by atoms with Crippen molar-refractivity contribution >= 4 is 11.6 Å². The number of nitrogens with one attached hydrogen (secondary N) is 1. The van der Waals surface area contributed by atoms with Crippen LogP contribution in [0.3, 0.4) is 0 Å². The highest BCUT2D eigenvalue weighted by molar-refractivity contribution is 6.32. The number of halogens is 2. The van der Waals surface area contributed by atoms with Gasteiger partial charge in [0.2, 0.25) is 0 Å². The summed E-state index contributed by atoms with van der Waals surface area (Å²) in [5.41, 5.74) is 0.241. The van der Waals surface area contributed by atoms with E-state index in [1.54, 1.807) is 6.07 Å². The molecule has 0 amide bonds. The van der Waals surface area contributed by atoms with E-state index < -0.39 is 0 Å². The summed E-state index contributed by atoms with van der Waals surface area (Å²) in [4.78, 5) is 0. The Morgan fingerprint density at radius 1 is 1.30 bits per heavy atom. The second-order valence-corrected chi connectivity index (χ2v) is 6.46. The molecule has 0 aromatic heterocycles. The molecular weight excluding hydrogens is 277 g/mol. The van der Waals surface area contributed by atoms with Crippen molar-refractivity contribution in [3.05, 3.63) is 29.0 Å². The number of hydrogen-bond donors (Lipinski definition) is 1. The molecule has 0 saturated heterocycles. The third-order valence-corrected chi connectivity index (χ3v) is 5.38. The van der Waals surface area contributed by atoms with Crippen LogP contribution in [0.5, 0.6) is 5.75 Å². The molecule has 1 spiro atoms. The first-order valence-corrected chi connectivity index (χ1v) is 7.82. The fourth-order valence-electron chi connectivity index (χ4n) is 3.92. The van der Waals surface area contributed by atoms with Crippen LogP contribution in [0.4, 0.5) is 4.39 Å². The van der Waals surface area contributed by atoms with Gasteiger partial charge in [-0.05, 0) is 38.1 Å². The smallest absolute Gasteiger partial charge is 0.138 e. The van der Waals surface area contributed by atoms with Crippen LogP contribution in [-0.2, 0) is 0 Å². The first kappa shape index (κ1) is 14.2. The minimum atomic E-state index is -0.323. The first-order chi connectivity index (χ1) is 9.65. The van der Waals surface area contributed by atoms with Crippen molar-refractivity contribution in [1.82, 2.24) is 5.32 Å². The number of rotatable bonds is 3. The fourth-order valence-corrected chi connectivity index (χ4v) is 4.13. The molecule has 2 unspecified atom stereocenters. The molecule has 1 aromatic rings. The van der Waals surface area contributed by atoms with E-state index in [1.807, 2.05) is 7.05 Å². The van der Waals surface area contributed by atoms with Crippen molar-refractivity contribution in [3.8, 4) is 5.75 Å². The fraction of sp³-hybridized carbons (Fsp3) is 0.625. The van der Waals surface area contributed by atoms with Gasteiger partial charge in [-0.2, -0.15) is 0 Å². The highest BCUT2D eigenvalue weighted by atomic mass is 35.5. The van der Waals surface area contributed by atoms with E-state index in [2.05, 4.69) is 5.32 Å². The highest BCUT2D eigenvalue weighted by Gasteiger charge is 2.56. The van der Waals surface area contributed by atoms with E-state index >= 15 is 0 Å². The molecule has 110 valence electrons. The topological polar surface area (TPSA) is 21.3 Å². The molecule has 1 N–H and O–H groups in total. The van der Waals surface area contributed by atoms with Crippen LogP contribution in [0.15, 0.2) is 18.2 Å². The average Bonchev–Trinajstić information content (AvgIpc) is 2.45. The Kier molecular flexibility index (Phi) is 3.91. The predicted octanol–water partition coefficient (Wildman–Crippen LogP) is 4.17. The molecule has 3 rings (SSSR count). The predicted molar refractivity (Wildman–Crippen MR) is 78.8 cm³/mol. The van der Waals surface area contributed by atoms with Gasteiger partial charge in [0.25, 0.3) is 0 Å². The maximum Gasteiger partial charge on any atom is 0.138 e. The van der Waals surface area contributed by atoms with Crippen LogP contribution in [-0.4, -0.2) is 19.2 Å². The standard InChI is InChI=1S/C16H21ClFNO/c1-19-14-10-15(16(14)7-3-2-4-8-16)20-13-6-5-11(18)9-12(13)17/h5-6,9,14-15,19H,2-4,7-8,10H2,1H3. The van der Waals surface area contributed by atoms with Crippen molar-refractivity contribution in [3.63, 3.8) is 0 Å². The van der Waals surface area contributed by atoms with Crippen LogP contribution in [0.2, 0.25) is 5.02 Å². The van der Waals surface area contributed by atoms with Crippen LogP contribution in [0.25, 0.3) is 0 Å². The highest BCUT2D eigenvalue weighted by Crippen LogP contribution is 2.53. The van der Waals surface area contributed by atoms with E-state index in [0.29, 0.717) is 16.8 Å². The van der Waals surface area contributed by atoms with Gasteiger partial charge >= 0.3 is 0 Å². The van der Waals surface area contributed by atoms with Crippen molar-refractivity contribution < 1.29 is 9.13 Å². The Bertz CT molecular complexity index is 487. The van der Waals surface area contributed by atoms with Crippen LogP contribution < -0.4 is 10.1 Å². The van der Waals surface area contributed by atoms with Crippen LogP contribution >= 0.6 is 11.6 Å². The minimum Gasteiger partial charge on any atom is -0.488 e. The maximum absolute atomic E-state index is 13.1. The van der Waals surface area contributed by atoms with Crippen LogP contribution in [0, 0.1) is 11.2 Å². The monoisotopic (exact) mass is 297 g/mol. The average molecular weight is 298 g/mol. The zero-order valence-electron chi connectivity index (χ0n) is 11.8. The summed E-state index contributed by atoms with van der Waals surface area (Å²) in [6, 6.07) is 4.90. The summed E-state index contributed by atoms with van der Waals surface area (Å²) < 4.78 is 19.2. The molecule has 4 heteroatoms. The second-order valence-electron chi connectivity index (χ2n) is 6.05. The molecule has 2 nitrogen and oxygen atoms in total. The van der Waals surface area contributed by atoms with Gasteiger partial charge in [0, 0.05) is 17.9 Å². The Labute approximate surface area is 124 Å². The van der Waals surface area contributed by atoms with Gasteiger partial charge in [-0.15, -0.1) is 0 Å². The lowest BCUT2D eigenvalue weighted by Crippen LogP contribution is -2.64. The first-order valence-electron chi connectivity index (χ1n) is 7.45. The van der Waals surface area contributed by atoms with E-state index in [9.17, 15) is 4.39 Å². The molecule has 20 heavy (non-hydrogen) atoms. The van der Waals surface area contributed by atoms with Crippen molar-refractivity contribution in [2.24, 2.45) is 5.41 Å². The molecule has 2 fully saturated rings. The van der Waals surface area contributed by atoms with Gasteiger partial charge in [-0.3, -0.25) is 0 Å². The maximum atomic E-state index is 13.1. The molecule has 2 saturated carbocycles. The van der Waals surface area contributed by atoms with Gasteiger partial charge in [-0.25, -0.2) is 4.39 Å². The van der Waals surface area contributed by atoms with E-state index in [-0.39, 0.29) is 17.3 Å². The largest absolute Gasteiger partial charge is 0.488 e.